The van der Waals surface area contributed by atoms with Gasteiger partial charge >= 0.3 is 0 Å². The van der Waals surface area contributed by atoms with Gasteiger partial charge in [0, 0.05) is 25.3 Å². The molecule has 3 rings (SSSR count). The van der Waals surface area contributed by atoms with Crippen LogP contribution in [0.1, 0.15) is 18.4 Å². The average molecular weight is 235 g/mol. The molecule has 0 spiro atoms. The van der Waals surface area contributed by atoms with E-state index in [9.17, 15) is 4.39 Å². The number of hydrogen-bond donors (Lipinski definition) is 1. The van der Waals surface area contributed by atoms with Gasteiger partial charge in [0.2, 0.25) is 0 Å². The Morgan fingerprint density at radius 1 is 1.41 bits per heavy atom. The molecule has 2 unspecified atom stereocenters. The van der Waals surface area contributed by atoms with Gasteiger partial charge in [-0.2, -0.15) is 0 Å². The Morgan fingerprint density at radius 3 is 3.24 bits per heavy atom. The van der Waals surface area contributed by atoms with Gasteiger partial charge in [-0.05, 0) is 43.5 Å². The zero-order valence-electron chi connectivity index (χ0n) is 9.90. The van der Waals surface area contributed by atoms with Gasteiger partial charge in [-0.15, -0.1) is 0 Å². The average Bonchev–Trinajstić information content (AvgIpc) is 2.76. The number of piperidine rings is 1. The van der Waals surface area contributed by atoms with E-state index in [1.807, 2.05) is 0 Å². The lowest BCUT2D eigenvalue weighted by Crippen LogP contribution is -2.43. The van der Waals surface area contributed by atoms with E-state index in [2.05, 4.69) is 15.2 Å². The highest BCUT2D eigenvalue weighted by atomic mass is 19.1. The molecular weight excluding hydrogens is 217 g/mol. The van der Waals surface area contributed by atoms with Crippen molar-refractivity contribution in [1.82, 2.24) is 15.2 Å². The first kappa shape index (κ1) is 11.1. The van der Waals surface area contributed by atoms with E-state index in [1.54, 1.807) is 12.3 Å². The highest BCUT2D eigenvalue weighted by Gasteiger charge is 2.32. The van der Waals surface area contributed by atoms with E-state index in [1.165, 1.54) is 19.0 Å². The molecule has 2 aliphatic heterocycles. The summed E-state index contributed by atoms with van der Waals surface area (Å²) in [4.78, 5) is 6.32. The maximum Gasteiger partial charge on any atom is 0.141 e. The second-order valence-electron chi connectivity index (χ2n) is 5.14. The number of hydrogen-bond acceptors (Lipinski definition) is 3. The molecule has 1 aromatic rings. The van der Waals surface area contributed by atoms with E-state index in [-0.39, 0.29) is 5.82 Å². The smallest absolute Gasteiger partial charge is 0.141 e. The molecule has 0 bridgehead atoms. The van der Waals surface area contributed by atoms with Crippen molar-refractivity contribution in [2.45, 2.75) is 25.4 Å². The Morgan fingerprint density at radius 2 is 2.35 bits per heavy atom. The predicted octanol–water partition coefficient (Wildman–Crippen LogP) is 1.40. The standard InChI is InChI=1S/C13H18FN3/c14-12-5-10(6-15-7-12)8-17-4-2-13-11(9-17)1-3-16-13/h5-7,11,13,16H,1-4,8-9H2. The first-order chi connectivity index (χ1) is 8.31. The molecule has 3 nitrogen and oxygen atoms in total. The van der Waals surface area contributed by atoms with Gasteiger partial charge in [0.25, 0.3) is 0 Å². The third-order valence-electron chi connectivity index (χ3n) is 3.91. The van der Waals surface area contributed by atoms with Gasteiger partial charge in [0.05, 0.1) is 6.20 Å². The molecule has 17 heavy (non-hydrogen) atoms. The Kier molecular flexibility index (Phi) is 3.07. The molecule has 0 amide bonds. The molecule has 1 N–H and O–H groups in total. The van der Waals surface area contributed by atoms with Crippen LogP contribution in [0.25, 0.3) is 0 Å². The molecule has 3 heterocycles. The molecule has 2 saturated heterocycles. The van der Waals surface area contributed by atoms with Crippen molar-refractivity contribution in [3.63, 3.8) is 0 Å². The molecule has 2 fully saturated rings. The maximum atomic E-state index is 13.0. The highest BCUT2D eigenvalue weighted by Crippen LogP contribution is 2.25. The molecule has 4 heteroatoms. The molecule has 1 aromatic heterocycles. The van der Waals surface area contributed by atoms with E-state index in [0.717, 1.165) is 43.7 Å². The van der Waals surface area contributed by atoms with E-state index >= 15 is 0 Å². The van der Waals surface area contributed by atoms with Crippen molar-refractivity contribution < 1.29 is 4.39 Å². The minimum atomic E-state index is -0.236. The summed E-state index contributed by atoms with van der Waals surface area (Å²) in [7, 11) is 0. The quantitative estimate of drug-likeness (QED) is 0.840. The second-order valence-corrected chi connectivity index (χ2v) is 5.14. The zero-order valence-corrected chi connectivity index (χ0v) is 9.90. The maximum absolute atomic E-state index is 13.0. The lowest BCUT2D eigenvalue weighted by atomic mass is 9.93. The molecule has 2 atom stereocenters. The third kappa shape index (κ3) is 2.48. The van der Waals surface area contributed by atoms with Gasteiger partial charge in [0.15, 0.2) is 0 Å². The fourth-order valence-electron chi connectivity index (χ4n) is 3.07. The summed E-state index contributed by atoms with van der Waals surface area (Å²) in [5, 5.41) is 3.55. The Bertz CT molecular complexity index is 396. The molecule has 2 aliphatic rings. The van der Waals surface area contributed by atoms with Crippen LogP contribution in [0.15, 0.2) is 18.5 Å². The number of nitrogens with one attached hydrogen (secondary N) is 1. The SMILES string of the molecule is Fc1cncc(CN2CCC3NCCC3C2)c1. The first-order valence-corrected chi connectivity index (χ1v) is 6.36. The molecule has 0 aromatic carbocycles. The number of rotatable bonds is 2. The van der Waals surface area contributed by atoms with Crippen molar-refractivity contribution in [1.29, 1.82) is 0 Å². The lowest BCUT2D eigenvalue weighted by molar-refractivity contribution is 0.155. The summed E-state index contributed by atoms with van der Waals surface area (Å²) in [6, 6.07) is 2.31. The Labute approximate surface area is 101 Å². The van der Waals surface area contributed by atoms with Crippen LogP contribution < -0.4 is 5.32 Å². The van der Waals surface area contributed by atoms with Gasteiger partial charge in [0.1, 0.15) is 5.82 Å². The summed E-state index contributed by atoms with van der Waals surface area (Å²) in [5.74, 6) is 0.546. The summed E-state index contributed by atoms with van der Waals surface area (Å²) in [6.07, 6.45) is 5.52. The Balaban J connectivity index is 1.62. The summed E-state index contributed by atoms with van der Waals surface area (Å²) in [5.41, 5.74) is 0.981. The van der Waals surface area contributed by atoms with Crippen molar-refractivity contribution in [3.05, 3.63) is 29.8 Å². The molecule has 0 aliphatic carbocycles. The van der Waals surface area contributed by atoms with Gasteiger partial charge in [-0.25, -0.2) is 4.39 Å². The number of fused-ring (bicyclic) bond motifs is 1. The van der Waals surface area contributed by atoms with E-state index in [4.69, 9.17) is 0 Å². The summed E-state index contributed by atoms with van der Waals surface area (Å²) >= 11 is 0. The highest BCUT2D eigenvalue weighted by molar-refractivity contribution is 5.10. The van der Waals surface area contributed by atoms with Crippen molar-refractivity contribution in [2.75, 3.05) is 19.6 Å². The van der Waals surface area contributed by atoms with E-state index in [0.29, 0.717) is 0 Å². The number of halogens is 1. The topological polar surface area (TPSA) is 28.2 Å². The fraction of sp³-hybridized carbons (Fsp3) is 0.615. The lowest BCUT2D eigenvalue weighted by Gasteiger charge is -2.34. The van der Waals surface area contributed by atoms with Gasteiger partial charge in [-0.3, -0.25) is 9.88 Å². The number of nitrogens with zero attached hydrogens (tertiary/aromatic N) is 2. The molecule has 0 radical (unpaired) electrons. The molecule has 0 saturated carbocycles. The van der Waals surface area contributed by atoms with Gasteiger partial charge in [-0.1, -0.05) is 0 Å². The van der Waals surface area contributed by atoms with Crippen LogP contribution >= 0.6 is 0 Å². The van der Waals surface area contributed by atoms with Crippen LogP contribution in [0, 0.1) is 11.7 Å². The first-order valence-electron chi connectivity index (χ1n) is 6.36. The van der Waals surface area contributed by atoms with Gasteiger partial charge < -0.3 is 5.32 Å². The van der Waals surface area contributed by atoms with Crippen molar-refractivity contribution in [2.24, 2.45) is 5.92 Å². The van der Waals surface area contributed by atoms with Crippen LogP contribution in [0.4, 0.5) is 4.39 Å². The fourth-order valence-corrected chi connectivity index (χ4v) is 3.07. The predicted molar refractivity (Wildman–Crippen MR) is 64.0 cm³/mol. The van der Waals surface area contributed by atoms with E-state index < -0.39 is 0 Å². The zero-order chi connectivity index (χ0) is 11.7. The molecular formula is C13H18FN3. The van der Waals surface area contributed by atoms with Crippen LogP contribution in [-0.4, -0.2) is 35.6 Å². The minimum absolute atomic E-state index is 0.236. The number of likely N-dealkylation sites (tertiary alicyclic amines) is 1. The number of pyridine rings is 1. The largest absolute Gasteiger partial charge is 0.314 e. The minimum Gasteiger partial charge on any atom is -0.314 e. The molecule has 92 valence electrons. The Hall–Kier alpha value is -1.00. The van der Waals surface area contributed by atoms with Crippen molar-refractivity contribution in [3.8, 4) is 0 Å². The summed E-state index contributed by atoms with van der Waals surface area (Å²) in [6.45, 7) is 4.22. The number of aromatic nitrogens is 1. The van der Waals surface area contributed by atoms with Crippen molar-refractivity contribution >= 4 is 0 Å². The van der Waals surface area contributed by atoms with Crippen LogP contribution in [0.5, 0.6) is 0 Å². The summed E-state index contributed by atoms with van der Waals surface area (Å²) < 4.78 is 13.0. The third-order valence-corrected chi connectivity index (χ3v) is 3.91. The van der Waals surface area contributed by atoms with Crippen LogP contribution in [0.3, 0.4) is 0 Å². The van der Waals surface area contributed by atoms with Crippen LogP contribution in [0.2, 0.25) is 0 Å². The normalized spacial score (nSPS) is 29.2. The second kappa shape index (κ2) is 4.70. The monoisotopic (exact) mass is 235 g/mol. The van der Waals surface area contributed by atoms with Crippen LogP contribution in [-0.2, 0) is 6.54 Å².